The van der Waals surface area contributed by atoms with Crippen molar-refractivity contribution in [2.24, 2.45) is 0 Å². The number of amides is 1. The molecule has 2 heterocycles. The molecule has 1 aliphatic rings. The van der Waals surface area contributed by atoms with Gasteiger partial charge in [0.25, 0.3) is 0 Å². The van der Waals surface area contributed by atoms with Gasteiger partial charge < -0.3 is 14.5 Å². The predicted molar refractivity (Wildman–Crippen MR) is 112 cm³/mol. The van der Waals surface area contributed by atoms with E-state index in [1.807, 2.05) is 43.3 Å². The molecule has 1 atom stereocenters. The third-order valence-corrected chi connectivity index (χ3v) is 6.08. The van der Waals surface area contributed by atoms with Gasteiger partial charge in [0.1, 0.15) is 5.37 Å². The molecule has 0 bridgehead atoms. The fraction of sp³-hybridized carbons (Fsp3) is 0.238. The van der Waals surface area contributed by atoms with Crippen LogP contribution < -0.4 is 19.9 Å². The molecule has 7 heteroatoms. The monoisotopic (exact) mass is 396 g/mol. The highest BCUT2D eigenvalue weighted by atomic mass is 32.2. The molecule has 0 spiro atoms. The number of aromatic amines is 1. The van der Waals surface area contributed by atoms with Crippen molar-refractivity contribution in [1.29, 1.82) is 0 Å². The fourth-order valence-electron chi connectivity index (χ4n) is 3.53. The second-order valence-electron chi connectivity index (χ2n) is 6.59. The molecular formula is C21H20N2O4S. The van der Waals surface area contributed by atoms with Gasteiger partial charge in [-0.3, -0.25) is 14.5 Å². The second-order valence-corrected chi connectivity index (χ2v) is 7.66. The summed E-state index contributed by atoms with van der Waals surface area (Å²) in [5.74, 6) is 1.69. The number of aryl methyl sites for hydroxylation is 1. The van der Waals surface area contributed by atoms with Crippen LogP contribution in [0, 0.1) is 6.92 Å². The average molecular weight is 396 g/mol. The smallest absolute Gasteiger partial charge is 0.248 e. The Bertz CT molecular complexity index is 1130. The van der Waals surface area contributed by atoms with E-state index in [0.717, 1.165) is 27.7 Å². The normalized spacial score (nSPS) is 16.6. The van der Waals surface area contributed by atoms with Crippen LogP contribution in [0.1, 0.15) is 16.5 Å². The summed E-state index contributed by atoms with van der Waals surface area (Å²) >= 11 is 1.56. The maximum absolute atomic E-state index is 12.7. The number of H-pyrrole nitrogens is 1. The molecule has 28 heavy (non-hydrogen) atoms. The molecule has 1 amide bonds. The molecule has 0 saturated carbocycles. The number of hydrogen-bond donors (Lipinski definition) is 1. The van der Waals surface area contributed by atoms with Gasteiger partial charge in [-0.05, 0) is 42.3 Å². The lowest BCUT2D eigenvalue weighted by atomic mass is 10.1. The Morgan fingerprint density at radius 3 is 2.57 bits per heavy atom. The number of aromatic nitrogens is 1. The molecule has 1 fully saturated rings. The Labute approximate surface area is 166 Å². The zero-order valence-corrected chi connectivity index (χ0v) is 16.6. The summed E-state index contributed by atoms with van der Waals surface area (Å²) < 4.78 is 10.7. The van der Waals surface area contributed by atoms with Crippen molar-refractivity contribution in [2.75, 3.05) is 24.9 Å². The lowest BCUT2D eigenvalue weighted by Crippen LogP contribution is -2.27. The number of thioether (sulfide) groups is 1. The van der Waals surface area contributed by atoms with E-state index < -0.39 is 0 Å². The molecular weight excluding hydrogens is 376 g/mol. The van der Waals surface area contributed by atoms with E-state index in [-0.39, 0.29) is 16.8 Å². The number of pyridine rings is 1. The van der Waals surface area contributed by atoms with Crippen molar-refractivity contribution in [2.45, 2.75) is 12.3 Å². The van der Waals surface area contributed by atoms with Crippen LogP contribution in [0.3, 0.4) is 0 Å². The summed E-state index contributed by atoms with van der Waals surface area (Å²) in [6.45, 7) is 1.90. The van der Waals surface area contributed by atoms with Gasteiger partial charge in [0.15, 0.2) is 11.5 Å². The van der Waals surface area contributed by atoms with Gasteiger partial charge in [-0.1, -0.05) is 12.1 Å². The molecule has 0 radical (unpaired) electrons. The Morgan fingerprint density at radius 1 is 1.04 bits per heavy atom. The van der Waals surface area contributed by atoms with Crippen LogP contribution in [-0.2, 0) is 4.79 Å². The van der Waals surface area contributed by atoms with Crippen molar-refractivity contribution >= 4 is 34.3 Å². The Kier molecular flexibility index (Phi) is 4.77. The first-order chi connectivity index (χ1) is 13.5. The summed E-state index contributed by atoms with van der Waals surface area (Å²) in [5, 5.41) is 0.784. The Morgan fingerprint density at radius 2 is 1.82 bits per heavy atom. The molecule has 0 aliphatic carbocycles. The number of nitrogens with zero attached hydrogens (tertiary/aromatic N) is 1. The summed E-state index contributed by atoms with van der Waals surface area (Å²) in [5.41, 5.74) is 3.18. The Balaban J connectivity index is 1.78. The minimum Gasteiger partial charge on any atom is -0.493 e. The summed E-state index contributed by atoms with van der Waals surface area (Å²) in [6.07, 6.45) is 0. The van der Waals surface area contributed by atoms with Gasteiger partial charge in [0, 0.05) is 17.1 Å². The maximum atomic E-state index is 12.7. The number of rotatable bonds is 4. The van der Waals surface area contributed by atoms with E-state index in [2.05, 4.69) is 4.98 Å². The first-order valence-electron chi connectivity index (χ1n) is 8.81. The van der Waals surface area contributed by atoms with E-state index in [0.29, 0.717) is 17.3 Å². The highest BCUT2D eigenvalue weighted by Gasteiger charge is 2.34. The summed E-state index contributed by atoms with van der Waals surface area (Å²) in [7, 11) is 3.18. The highest BCUT2D eigenvalue weighted by Crippen LogP contribution is 2.44. The SMILES string of the molecule is COc1ccc(C2SCC(=O)N2c2ccc3c(C)cc(=O)[nH]c3c2)cc1OC. The van der Waals surface area contributed by atoms with Crippen LogP contribution in [0.2, 0.25) is 0 Å². The number of hydrogen-bond acceptors (Lipinski definition) is 5. The zero-order chi connectivity index (χ0) is 19.8. The third kappa shape index (κ3) is 3.11. The molecule has 3 aromatic rings. The van der Waals surface area contributed by atoms with Gasteiger partial charge in [-0.2, -0.15) is 0 Å². The van der Waals surface area contributed by atoms with Crippen LogP contribution >= 0.6 is 11.8 Å². The molecule has 144 valence electrons. The predicted octanol–water partition coefficient (Wildman–Crippen LogP) is 3.63. The van der Waals surface area contributed by atoms with Crippen LogP contribution in [0.4, 0.5) is 5.69 Å². The van der Waals surface area contributed by atoms with Gasteiger partial charge in [-0.15, -0.1) is 11.8 Å². The zero-order valence-electron chi connectivity index (χ0n) is 15.8. The first-order valence-corrected chi connectivity index (χ1v) is 9.86. The second kappa shape index (κ2) is 7.24. The number of fused-ring (bicyclic) bond motifs is 1. The summed E-state index contributed by atoms with van der Waals surface area (Å²) in [4.78, 5) is 29.2. The van der Waals surface area contributed by atoms with E-state index in [4.69, 9.17) is 9.47 Å². The maximum Gasteiger partial charge on any atom is 0.248 e. The van der Waals surface area contributed by atoms with E-state index in [1.165, 1.54) is 0 Å². The van der Waals surface area contributed by atoms with E-state index in [1.54, 1.807) is 36.9 Å². The van der Waals surface area contributed by atoms with Gasteiger partial charge in [-0.25, -0.2) is 0 Å². The number of nitrogens with one attached hydrogen (secondary N) is 1. The molecule has 4 rings (SSSR count). The van der Waals surface area contributed by atoms with Crippen LogP contribution in [0.25, 0.3) is 10.9 Å². The molecule has 6 nitrogen and oxygen atoms in total. The quantitative estimate of drug-likeness (QED) is 0.729. The van der Waals surface area contributed by atoms with Crippen LogP contribution in [0.15, 0.2) is 47.3 Å². The van der Waals surface area contributed by atoms with Crippen molar-refractivity contribution in [3.05, 3.63) is 63.9 Å². The number of carbonyl (C=O) groups is 1. The molecule has 2 aromatic carbocycles. The van der Waals surface area contributed by atoms with Crippen LogP contribution in [-0.4, -0.2) is 30.9 Å². The topological polar surface area (TPSA) is 71.6 Å². The largest absolute Gasteiger partial charge is 0.493 e. The van der Waals surface area contributed by atoms with Crippen molar-refractivity contribution in [1.82, 2.24) is 4.98 Å². The van der Waals surface area contributed by atoms with Gasteiger partial charge in [0.2, 0.25) is 11.5 Å². The van der Waals surface area contributed by atoms with Crippen molar-refractivity contribution < 1.29 is 14.3 Å². The fourth-order valence-corrected chi connectivity index (χ4v) is 4.70. The third-order valence-electron chi connectivity index (χ3n) is 4.87. The van der Waals surface area contributed by atoms with Crippen molar-refractivity contribution in [3.63, 3.8) is 0 Å². The number of benzene rings is 2. The number of methoxy groups -OCH3 is 2. The minimum atomic E-state index is -0.179. The molecule has 1 unspecified atom stereocenters. The van der Waals surface area contributed by atoms with Gasteiger partial charge >= 0.3 is 0 Å². The number of carbonyl (C=O) groups excluding carboxylic acids is 1. The number of ether oxygens (including phenoxy) is 2. The van der Waals surface area contributed by atoms with Crippen LogP contribution in [0.5, 0.6) is 11.5 Å². The number of anilines is 1. The average Bonchev–Trinajstić information content (AvgIpc) is 3.08. The van der Waals surface area contributed by atoms with E-state index >= 15 is 0 Å². The minimum absolute atomic E-state index is 0.0270. The molecule has 1 N–H and O–H groups in total. The van der Waals surface area contributed by atoms with Crippen molar-refractivity contribution in [3.8, 4) is 11.5 Å². The van der Waals surface area contributed by atoms with E-state index in [9.17, 15) is 9.59 Å². The standard InChI is InChI=1S/C21H20N2O4S/c1-12-8-19(24)22-16-10-14(5-6-15(12)16)23-20(25)11-28-21(23)13-4-7-17(26-2)18(9-13)27-3/h4-10,21H,11H2,1-3H3,(H,22,24). The lowest BCUT2D eigenvalue weighted by Gasteiger charge is -2.25. The van der Waals surface area contributed by atoms with Gasteiger partial charge in [0.05, 0.1) is 25.5 Å². The lowest BCUT2D eigenvalue weighted by molar-refractivity contribution is -0.115. The first kappa shape index (κ1) is 18.4. The Hall–Kier alpha value is -2.93. The molecule has 1 saturated heterocycles. The highest BCUT2D eigenvalue weighted by molar-refractivity contribution is 8.00. The molecule has 1 aromatic heterocycles. The summed E-state index contributed by atoms with van der Waals surface area (Å²) in [6, 6.07) is 13.0. The molecule has 1 aliphatic heterocycles.